The molecule has 1 N–H and O–H groups in total. The molecule has 2 unspecified atom stereocenters. The van der Waals surface area contributed by atoms with Gasteiger partial charge in [0.05, 0.1) is 0 Å². The Morgan fingerprint density at radius 2 is 1.38 bits per heavy atom. The topological polar surface area (TPSA) is 67.9 Å². The Bertz CT molecular complexity index is 1220. The third-order valence-electron chi connectivity index (χ3n) is 8.06. The molecule has 2 bridgehead atoms. The lowest BCUT2D eigenvalue weighted by Crippen LogP contribution is -2.58. The van der Waals surface area contributed by atoms with E-state index in [2.05, 4.69) is 29.6 Å². The van der Waals surface area contributed by atoms with Crippen molar-refractivity contribution in [3.63, 3.8) is 0 Å². The summed E-state index contributed by atoms with van der Waals surface area (Å²) >= 11 is 0. The molecule has 0 aromatic heterocycles. The first-order valence-electron chi connectivity index (χ1n) is 13.3. The van der Waals surface area contributed by atoms with Crippen LogP contribution in [0.25, 0.3) is 11.1 Å². The number of ether oxygens (including phenoxy) is 2. The number of fused-ring (bicyclic) bond motifs is 5. The summed E-state index contributed by atoms with van der Waals surface area (Å²) in [7, 11) is 0. The van der Waals surface area contributed by atoms with Gasteiger partial charge in [-0.25, -0.2) is 9.59 Å². The maximum Gasteiger partial charge on any atom is 0.410 e. The molecule has 2 atom stereocenters. The number of nitrogens with one attached hydrogen (secondary N) is 1. The van der Waals surface area contributed by atoms with Gasteiger partial charge in [-0.3, -0.25) is 0 Å². The lowest BCUT2D eigenvalue weighted by Gasteiger charge is -2.48. The van der Waals surface area contributed by atoms with Crippen molar-refractivity contribution in [2.75, 3.05) is 6.61 Å². The number of hydrogen-bond donors (Lipinski definition) is 1. The second-order valence-electron chi connectivity index (χ2n) is 10.3. The van der Waals surface area contributed by atoms with Gasteiger partial charge in [0.25, 0.3) is 0 Å². The molecule has 2 amide bonds. The molecule has 0 radical (unpaired) electrons. The maximum atomic E-state index is 13.0. The molecular weight excluding hydrogens is 464 g/mol. The van der Waals surface area contributed by atoms with E-state index < -0.39 is 0 Å². The number of amides is 2. The number of carbonyl (C=O) groups excluding carboxylic acids is 2. The van der Waals surface area contributed by atoms with Crippen molar-refractivity contribution in [1.82, 2.24) is 10.2 Å². The fraction of sp³-hybridized carbons (Fsp3) is 0.355. The van der Waals surface area contributed by atoms with Gasteiger partial charge >= 0.3 is 12.2 Å². The van der Waals surface area contributed by atoms with E-state index >= 15 is 0 Å². The van der Waals surface area contributed by atoms with Crippen LogP contribution in [0.15, 0.2) is 78.9 Å². The first-order chi connectivity index (χ1) is 18.2. The van der Waals surface area contributed by atoms with E-state index in [1.165, 1.54) is 22.3 Å². The van der Waals surface area contributed by atoms with E-state index in [0.29, 0.717) is 6.61 Å². The van der Waals surface area contributed by atoms with Gasteiger partial charge in [0.1, 0.15) is 13.2 Å². The van der Waals surface area contributed by atoms with Crippen LogP contribution in [0.3, 0.4) is 0 Å². The molecule has 3 aromatic carbocycles. The van der Waals surface area contributed by atoms with Crippen molar-refractivity contribution in [3.05, 3.63) is 95.6 Å². The van der Waals surface area contributed by atoms with Crippen molar-refractivity contribution in [2.24, 2.45) is 0 Å². The molecule has 2 heterocycles. The Morgan fingerprint density at radius 3 is 2.03 bits per heavy atom. The Balaban J connectivity index is 1.05. The number of benzene rings is 3. The quantitative estimate of drug-likeness (QED) is 0.454. The van der Waals surface area contributed by atoms with Gasteiger partial charge in [-0.15, -0.1) is 0 Å². The van der Waals surface area contributed by atoms with Crippen LogP contribution < -0.4 is 5.32 Å². The van der Waals surface area contributed by atoms with Gasteiger partial charge < -0.3 is 19.7 Å². The van der Waals surface area contributed by atoms with Crippen LogP contribution in [0, 0.1) is 0 Å². The second-order valence-corrected chi connectivity index (χ2v) is 10.3. The average molecular weight is 497 g/mol. The molecule has 190 valence electrons. The summed E-state index contributed by atoms with van der Waals surface area (Å²) in [5.74, 6) is 0.0405. The Labute approximate surface area is 217 Å². The monoisotopic (exact) mass is 496 g/mol. The Morgan fingerprint density at radius 1 is 0.784 bits per heavy atom. The van der Waals surface area contributed by atoms with Crippen LogP contribution in [0.5, 0.6) is 0 Å². The van der Waals surface area contributed by atoms with Crippen LogP contribution in [0.2, 0.25) is 0 Å². The van der Waals surface area contributed by atoms with Crippen molar-refractivity contribution in [2.45, 2.75) is 62.8 Å². The minimum atomic E-state index is -0.384. The first-order valence-corrected chi connectivity index (χ1v) is 13.3. The molecule has 0 saturated carbocycles. The fourth-order valence-electron chi connectivity index (χ4n) is 6.40. The van der Waals surface area contributed by atoms with Crippen LogP contribution in [-0.4, -0.2) is 41.8 Å². The molecule has 1 aliphatic carbocycles. The fourth-order valence-corrected chi connectivity index (χ4v) is 6.40. The van der Waals surface area contributed by atoms with Crippen LogP contribution in [-0.2, 0) is 16.1 Å². The Kier molecular flexibility index (Phi) is 6.56. The summed E-state index contributed by atoms with van der Waals surface area (Å²) in [4.78, 5) is 27.7. The van der Waals surface area contributed by atoms with E-state index in [1.54, 1.807) is 0 Å². The Hall–Kier alpha value is -3.80. The summed E-state index contributed by atoms with van der Waals surface area (Å²) in [5, 5.41) is 3.10. The SMILES string of the molecule is O=C(NC1CC2CCCC(C1)N2C(=O)OCc1ccccc1)OCC1c2ccccc2-c2ccccc21. The molecule has 2 saturated heterocycles. The summed E-state index contributed by atoms with van der Waals surface area (Å²) in [6.07, 6.45) is 3.76. The highest BCUT2D eigenvalue weighted by molar-refractivity contribution is 5.79. The molecule has 2 fully saturated rings. The number of rotatable bonds is 5. The van der Waals surface area contributed by atoms with E-state index in [1.807, 2.05) is 59.5 Å². The van der Waals surface area contributed by atoms with Crippen LogP contribution in [0.1, 0.15) is 54.7 Å². The zero-order chi connectivity index (χ0) is 25.2. The summed E-state index contributed by atoms with van der Waals surface area (Å²) in [6.45, 7) is 0.578. The summed E-state index contributed by atoms with van der Waals surface area (Å²) in [6, 6.07) is 26.6. The highest BCUT2D eigenvalue weighted by atomic mass is 16.6. The third kappa shape index (κ3) is 4.80. The average Bonchev–Trinajstić information content (AvgIpc) is 3.24. The van der Waals surface area contributed by atoms with Gasteiger partial charge in [-0.2, -0.15) is 0 Å². The maximum absolute atomic E-state index is 13.0. The minimum absolute atomic E-state index is 0.0101. The lowest BCUT2D eigenvalue weighted by atomic mass is 9.82. The summed E-state index contributed by atoms with van der Waals surface area (Å²) < 4.78 is 11.4. The molecular formula is C31H32N2O4. The number of nitrogens with zero attached hydrogens (tertiary/aromatic N) is 1. The third-order valence-corrected chi connectivity index (χ3v) is 8.06. The predicted octanol–water partition coefficient (Wildman–Crippen LogP) is 6.25. The van der Waals surface area contributed by atoms with Crippen molar-refractivity contribution < 1.29 is 19.1 Å². The molecule has 6 nitrogen and oxygen atoms in total. The van der Waals surface area contributed by atoms with E-state index in [9.17, 15) is 9.59 Å². The van der Waals surface area contributed by atoms with Gasteiger partial charge in [-0.05, 0) is 59.9 Å². The van der Waals surface area contributed by atoms with Crippen molar-refractivity contribution in [1.29, 1.82) is 0 Å². The number of hydrogen-bond acceptors (Lipinski definition) is 4. The van der Waals surface area contributed by atoms with E-state index in [0.717, 1.165) is 37.7 Å². The molecule has 6 rings (SSSR count). The zero-order valence-corrected chi connectivity index (χ0v) is 20.8. The van der Waals surface area contributed by atoms with E-state index in [4.69, 9.17) is 9.47 Å². The molecule has 0 spiro atoms. The minimum Gasteiger partial charge on any atom is -0.449 e. The highest BCUT2D eigenvalue weighted by Gasteiger charge is 2.42. The molecule has 6 heteroatoms. The number of carbonyl (C=O) groups is 2. The van der Waals surface area contributed by atoms with Gasteiger partial charge in [0, 0.05) is 24.0 Å². The highest BCUT2D eigenvalue weighted by Crippen LogP contribution is 2.44. The smallest absolute Gasteiger partial charge is 0.410 e. The van der Waals surface area contributed by atoms with E-state index in [-0.39, 0.29) is 42.8 Å². The largest absolute Gasteiger partial charge is 0.449 e. The molecule has 2 aliphatic heterocycles. The number of alkyl carbamates (subject to hydrolysis) is 1. The summed E-state index contributed by atoms with van der Waals surface area (Å²) in [5.41, 5.74) is 5.81. The molecule has 37 heavy (non-hydrogen) atoms. The van der Waals surface area contributed by atoms with Gasteiger partial charge in [0.15, 0.2) is 0 Å². The molecule has 3 aliphatic rings. The lowest BCUT2D eigenvalue weighted by molar-refractivity contribution is 0.0102. The second kappa shape index (κ2) is 10.3. The zero-order valence-electron chi connectivity index (χ0n) is 20.8. The van der Waals surface area contributed by atoms with Crippen LogP contribution in [0.4, 0.5) is 9.59 Å². The first kappa shape index (κ1) is 23.6. The standard InChI is InChI=1S/C31H32N2O4/c34-30(36-20-29-27-15-6-4-13-25(27)26-14-5-7-16-28(26)29)32-22-17-23-11-8-12-24(18-22)33(23)31(35)37-19-21-9-2-1-3-10-21/h1-7,9-10,13-16,22-24,29H,8,11-12,17-20H2,(H,32,34). The predicted molar refractivity (Wildman–Crippen MR) is 141 cm³/mol. The van der Waals surface area contributed by atoms with Crippen molar-refractivity contribution >= 4 is 12.2 Å². The van der Waals surface area contributed by atoms with Crippen LogP contribution >= 0.6 is 0 Å². The normalized spacial score (nSPS) is 22.1. The molecule has 3 aromatic rings. The van der Waals surface area contributed by atoms with Gasteiger partial charge in [0.2, 0.25) is 0 Å². The number of piperidine rings is 2. The van der Waals surface area contributed by atoms with Crippen molar-refractivity contribution in [3.8, 4) is 11.1 Å². The van der Waals surface area contributed by atoms with Gasteiger partial charge in [-0.1, -0.05) is 78.9 Å².